The van der Waals surface area contributed by atoms with Gasteiger partial charge in [-0.05, 0) is 61.1 Å². The van der Waals surface area contributed by atoms with Gasteiger partial charge in [0.2, 0.25) is 5.91 Å². The number of nitrogens with one attached hydrogen (secondary N) is 1. The monoisotopic (exact) mass is 399 g/mol. The van der Waals surface area contributed by atoms with Crippen molar-refractivity contribution in [2.45, 2.75) is 25.3 Å². The van der Waals surface area contributed by atoms with E-state index in [4.69, 9.17) is 0 Å². The molecule has 1 unspecified atom stereocenters. The smallest absolute Gasteiger partial charge is 0.252 e. The molecule has 1 saturated heterocycles. The molecular weight excluding hydrogens is 377 g/mol. The molecule has 24 heavy (non-hydrogen) atoms. The highest BCUT2D eigenvalue weighted by molar-refractivity contribution is 9.10. The maximum Gasteiger partial charge on any atom is 0.252 e. The summed E-state index contributed by atoms with van der Waals surface area (Å²) in [5.41, 5.74) is 0.230. The Balaban J connectivity index is 1.82. The summed E-state index contributed by atoms with van der Waals surface area (Å²) in [7, 11) is 4.05. The van der Waals surface area contributed by atoms with Gasteiger partial charge < -0.3 is 15.1 Å². The van der Waals surface area contributed by atoms with Crippen LogP contribution in [0.4, 0.5) is 4.39 Å². The van der Waals surface area contributed by atoms with Gasteiger partial charge in [0.25, 0.3) is 5.91 Å². The van der Waals surface area contributed by atoms with E-state index in [-0.39, 0.29) is 30.3 Å². The van der Waals surface area contributed by atoms with Gasteiger partial charge in [-0.25, -0.2) is 4.39 Å². The lowest BCUT2D eigenvalue weighted by atomic mass is 10.0. The molecular formula is C17H23BrFN3O2. The molecule has 0 radical (unpaired) electrons. The fraction of sp³-hybridized carbons (Fsp3) is 0.529. The van der Waals surface area contributed by atoms with Crippen LogP contribution in [0.1, 0.15) is 29.6 Å². The molecule has 7 heteroatoms. The molecule has 132 valence electrons. The van der Waals surface area contributed by atoms with Crippen LogP contribution in [0.5, 0.6) is 0 Å². The number of benzene rings is 1. The van der Waals surface area contributed by atoms with Crippen LogP contribution in [0.15, 0.2) is 22.7 Å². The molecule has 2 amide bonds. The Labute approximate surface area is 150 Å². The van der Waals surface area contributed by atoms with Crippen LogP contribution in [0, 0.1) is 5.82 Å². The van der Waals surface area contributed by atoms with Gasteiger partial charge in [-0.15, -0.1) is 0 Å². The van der Waals surface area contributed by atoms with Gasteiger partial charge in [0.15, 0.2) is 0 Å². The van der Waals surface area contributed by atoms with E-state index >= 15 is 0 Å². The van der Waals surface area contributed by atoms with E-state index in [0.717, 1.165) is 25.9 Å². The first-order valence-corrected chi connectivity index (χ1v) is 8.85. The third-order valence-corrected chi connectivity index (χ3v) is 4.97. The van der Waals surface area contributed by atoms with Crippen LogP contribution in [-0.2, 0) is 4.79 Å². The summed E-state index contributed by atoms with van der Waals surface area (Å²) in [6, 6.07) is 4.33. The number of likely N-dealkylation sites (tertiary alicyclic amines) is 1. The van der Waals surface area contributed by atoms with E-state index in [1.165, 1.54) is 18.2 Å². The van der Waals surface area contributed by atoms with Crippen LogP contribution < -0.4 is 5.32 Å². The summed E-state index contributed by atoms with van der Waals surface area (Å²) in [5.74, 6) is -0.818. The maximum atomic E-state index is 13.2. The average Bonchev–Trinajstić information content (AvgIpc) is 2.56. The fourth-order valence-corrected chi connectivity index (χ4v) is 3.24. The zero-order valence-electron chi connectivity index (χ0n) is 14.0. The van der Waals surface area contributed by atoms with Crippen molar-refractivity contribution >= 4 is 27.7 Å². The van der Waals surface area contributed by atoms with Gasteiger partial charge in [-0.1, -0.05) is 0 Å². The molecule has 2 rings (SSSR count). The molecule has 1 atom stereocenters. The standard InChI is InChI=1S/C17H23BrFN3O2/c1-21(2)13-4-3-9-22(11-13)16(23)7-8-20-17(24)14-10-12(19)5-6-15(14)18/h5-6,10,13H,3-4,7-9,11H2,1-2H3,(H,20,24). The minimum atomic E-state index is -0.470. The number of hydrogen-bond donors (Lipinski definition) is 1. The third kappa shape index (κ3) is 5.01. The molecule has 0 aliphatic carbocycles. The van der Waals surface area contributed by atoms with Crippen molar-refractivity contribution in [3.63, 3.8) is 0 Å². The predicted molar refractivity (Wildman–Crippen MR) is 94.3 cm³/mol. The number of hydrogen-bond acceptors (Lipinski definition) is 3. The van der Waals surface area contributed by atoms with E-state index in [1.807, 2.05) is 19.0 Å². The summed E-state index contributed by atoms with van der Waals surface area (Å²) in [6.07, 6.45) is 2.34. The lowest BCUT2D eigenvalue weighted by molar-refractivity contribution is -0.133. The predicted octanol–water partition coefficient (Wildman–Crippen LogP) is 2.26. The second-order valence-electron chi connectivity index (χ2n) is 6.23. The SMILES string of the molecule is CN(C)C1CCCN(C(=O)CCNC(=O)c2cc(F)ccc2Br)C1. The van der Waals surface area contributed by atoms with Gasteiger partial charge in [0, 0.05) is 36.6 Å². The topological polar surface area (TPSA) is 52.6 Å². The van der Waals surface area contributed by atoms with E-state index in [2.05, 4.69) is 26.1 Å². The van der Waals surface area contributed by atoms with Gasteiger partial charge in [-0.2, -0.15) is 0 Å². The number of rotatable bonds is 5. The van der Waals surface area contributed by atoms with Crippen molar-refractivity contribution in [2.75, 3.05) is 33.7 Å². The Morgan fingerprint density at radius 1 is 1.42 bits per heavy atom. The largest absolute Gasteiger partial charge is 0.351 e. The molecule has 1 aromatic rings. The fourth-order valence-electron chi connectivity index (χ4n) is 2.81. The molecule has 1 N–H and O–H groups in total. The zero-order valence-corrected chi connectivity index (χ0v) is 15.6. The quantitative estimate of drug-likeness (QED) is 0.825. The van der Waals surface area contributed by atoms with Crippen LogP contribution in [0.25, 0.3) is 0 Å². The minimum absolute atomic E-state index is 0.0418. The Morgan fingerprint density at radius 2 is 2.17 bits per heavy atom. The molecule has 0 saturated carbocycles. The van der Waals surface area contributed by atoms with Gasteiger partial charge in [0.05, 0.1) is 5.56 Å². The van der Waals surface area contributed by atoms with E-state index in [0.29, 0.717) is 10.5 Å². The first-order chi connectivity index (χ1) is 11.4. The summed E-state index contributed by atoms with van der Waals surface area (Å²) >= 11 is 3.23. The molecule has 0 bridgehead atoms. The number of likely N-dealkylation sites (N-methyl/N-ethyl adjacent to an activating group) is 1. The molecule has 1 heterocycles. The second-order valence-corrected chi connectivity index (χ2v) is 7.08. The highest BCUT2D eigenvalue weighted by Crippen LogP contribution is 2.18. The lowest BCUT2D eigenvalue weighted by Crippen LogP contribution is -2.48. The minimum Gasteiger partial charge on any atom is -0.351 e. The van der Waals surface area contributed by atoms with Crippen LogP contribution in [0.2, 0.25) is 0 Å². The first kappa shape index (κ1) is 18.9. The highest BCUT2D eigenvalue weighted by atomic mass is 79.9. The second kappa shape index (κ2) is 8.58. The van der Waals surface area contributed by atoms with Crippen LogP contribution in [0.3, 0.4) is 0 Å². The normalized spacial score (nSPS) is 17.9. The van der Waals surface area contributed by atoms with Crippen molar-refractivity contribution < 1.29 is 14.0 Å². The van der Waals surface area contributed by atoms with Crippen molar-refractivity contribution in [3.8, 4) is 0 Å². The first-order valence-electron chi connectivity index (χ1n) is 8.06. The summed E-state index contributed by atoms with van der Waals surface area (Å²) < 4.78 is 13.8. The summed E-state index contributed by atoms with van der Waals surface area (Å²) in [5, 5.41) is 2.68. The highest BCUT2D eigenvalue weighted by Gasteiger charge is 2.24. The van der Waals surface area contributed by atoms with Crippen molar-refractivity contribution in [2.24, 2.45) is 0 Å². The van der Waals surface area contributed by atoms with Gasteiger partial charge >= 0.3 is 0 Å². The molecule has 0 spiro atoms. The lowest BCUT2D eigenvalue weighted by Gasteiger charge is -2.36. The zero-order chi connectivity index (χ0) is 17.7. The summed E-state index contributed by atoms with van der Waals surface area (Å²) in [4.78, 5) is 28.4. The molecule has 1 aromatic carbocycles. The molecule has 1 fully saturated rings. The third-order valence-electron chi connectivity index (χ3n) is 4.28. The molecule has 1 aliphatic rings. The maximum absolute atomic E-state index is 13.2. The van der Waals surface area contributed by atoms with Gasteiger partial charge in [-0.3, -0.25) is 9.59 Å². The molecule has 0 aromatic heterocycles. The number of amides is 2. The number of halogens is 2. The van der Waals surface area contributed by atoms with E-state index < -0.39 is 5.82 Å². The number of piperidine rings is 1. The van der Waals surface area contributed by atoms with Crippen molar-refractivity contribution in [1.82, 2.24) is 15.1 Å². The average molecular weight is 400 g/mol. The Morgan fingerprint density at radius 3 is 2.88 bits per heavy atom. The summed E-state index contributed by atoms with van der Waals surface area (Å²) in [6.45, 7) is 1.74. The van der Waals surface area contributed by atoms with Crippen LogP contribution in [-0.4, -0.2) is 61.4 Å². The Hall–Kier alpha value is -1.47. The number of carbonyl (C=O) groups excluding carboxylic acids is 2. The van der Waals surface area contributed by atoms with Crippen LogP contribution >= 0.6 is 15.9 Å². The molecule has 1 aliphatic heterocycles. The van der Waals surface area contributed by atoms with Crippen molar-refractivity contribution in [3.05, 3.63) is 34.1 Å². The van der Waals surface area contributed by atoms with Crippen molar-refractivity contribution in [1.29, 1.82) is 0 Å². The number of nitrogens with zero attached hydrogens (tertiary/aromatic N) is 2. The van der Waals surface area contributed by atoms with Gasteiger partial charge in [0.1, 0.15) is 5.82 Å². The molecule has 5 nitrogen and oxygen atoms in total. The Kier molecular flexibility index (Phi) is 6.74. The number of carbonyl (C=O) groups is 2. The van der Waals surface area contributed by atoms with E-state index in [1.54, 1.807) is 0 Å². The Bertz CT molecular complexity index is 609. The van der Waals surface area contributed by atoms with E-state index in [9.17, 15) is 14.0 Å².